The minimum Gasteiger partial charge on any atom is -0.379 e. The first-order valence-electron chi connectivity index (χ1n) is 10.9. The van der Waals surface area contributed by atoms with Gasteiger partial charge in [0.25, 0.3) is 5.91 Å². The maximum atomic E-state index is 13.0. The number of hydrogen-bond donors (Lipinski definition) is 0. The van der Waals surface area contributed by atoms with Crippen molar-refractivity contribution in [3.8, 4) is 0 Å². The number of amides is 2. The smallest absolute Gasteiger partial charge is 0.253 e. The molecular formula is C22H32N4O3. The fourth-order valence-corrected chi connectivity index (χ4v) is 4.37. The Morgan fingerprint density at radius 3 is 2.28 bits per heavy atom. The first kappa shape index (κ1) is 20.3. The van der Waals surface area contributed by atoms with E-state index in [2.05, 4.69) is 15.9 Å². The monoisotopic (exact) mass is 400 g/mol. The van der Waals surface area contributed by atoms with Gasteiger partial charge in [-0.25, -0.2) is 0 Å². The van der Waals surface area contributed by atoms with Crippen LogP contribution in [-0.2, 0) is 16.1 Å². The predicted molar refractivity (Wildman–Crippen MR) is 111 cm³/mol. The van der Waals surface area contributed by atoms with E-state index in [-0.39, 0.29) is 11.8 Å². The zero-order valence-corrected chi connectivity index (χ0v) is 17.2. The molecule has 29 heavy (non-hydrogen) atoms. The maximum Gasteiger partial charge on any atom is 0.253 e. The van der Waals surface area contributed by atoms with Crippen LogP contribution in [0.25, 0.3) is 0 Å². The molecule has 7 heteroatoms. The number of ether oxygens (including phenoxy) is 1. The Kier molecular flexibility index (Phi) is 6.79. The summed E-state index contributed by atoms with van der Waals surface area (Å²) in [7, 11) is 0. The van der Waals surface area contributed by atoms with Gasteiger partial charge in [-0.1, -0.05) is 12.1 Å². The van der Waals surface area contributed by atoms with E-state index in [4.69, 9.17) is 4.74 Å². The Morgan fingerprint density at radius 1 is 0.828 bits per heavy atom. The summed E-state index contributed by atoms with van der Waals surface area (Å²) in [5.74, 6) is 0.331. The highest BCUT2D eigenvalue weighted by Crippen LogP contribution is 2.14. The molecule has 0 aromatic heterocycles. The van der Waals surface area contributed by atoms with Crippen molar-refractivity contribution >= 4 is 11.8 Å². The van der Waals surface area contributed by atoms with E-state index >= 15 is 0 Å². The molecule has 3 saturated heterocycles. The minimum atomic E-state index is 0.0966. The number of carbonyl (C=O) groups is 2. The molecule has 0 radical (unpaired) electrons. The number of benzene rings is 1. The quantitative estimate of drug-likeness (QED) is 0.735. The molecule has 158 valence electrons. The molecule has 0 bridgehead atoms. The van der Waals surface area contributed by atoms with E-state index in [1.807, 2.05) is 28.0 Å². The van der Waals surface area contributed by atoms with Gasteiger partial charge in [-0.05, 0) is 30.5 Å². The normalized spacial score (nSPS) is 21.5. The second-order valence-electron chi connectivity index (χ2n) is 8.25. The molecular weight excluding hydrogens is 368 g/mol. The van der Waals surface area contributed by atoms with Gasteiger partial charge < -0.3 is 14.5 Å². The lowest BCUT2D eigenvalue weighted by Crippen LogP contribution is -2.51. The molecule has 0 atom stereocenters. The summed E-state index contributed by atoms with van der Waals surface area (Å²) in [6, 6.07) is 8.01. The van der Waals surface area contributed by atoms with E-state index in [0.717, 1.165) is 77.4 Å². The van der Waals surface area contributed by atoms with E-state index in [0.29, 0.717) is 19.6 Å². The van der Waals surface area contributed by atoms with Gasteiger partial charge in [0.2, 0.25) is 5.91 Å². The van der Waals surface area contributed by atoms with Crippen LogP contribution in [0.3, 0.4) is 0 Å². The fourth-order valence-electron chi connectivity index (χ4n) is 4.37. The van der Waals surface area contributed by atoms with Gasteiger partial charge in [0, 0.05) is 64.5 Å². The van der Waals surface area contributed by atoms with Gasteiger partial charge in [0.15, 0.2) is 0 Å². The number of rotatable bonds is 5. The Labute approximate surface area is 173 Å². The molecule has 0 aliphatic carbocycles. The van der Waals surface area contributed by atoms with Crippen molar-refractivity contribution in [1.82, 2.24) is 19.6 Å². The molecule has 3 heterocycles. The van der Waals surface area contributed by atoms with Gasteiger partial charge in [-0.15, -0.1) is 0 Å². The third-order valence-corrected chi connectivity index (χ3v) is 6.16. The second-order valence-corrected chi connectivity index (χ2v) is 8.25. The molecule has 0 unspecified atom stereocenters. The summed E-state index contributed by atoms with van der Waals surface area (Å²) < 4.78 is 5.41. The molecule has 0 saturated carbocycles. The van der Waals surface area contributed by atoms with Crippen molar-refractivity contribution < 1.29 is 14.3 Å². The van der Waals surface area contributed by atoms with Crippen molar-refractivity contribution in [2.75, 3.05) is 72.1 Å². The number of piperazine rings is 1. The van der Waals surface area contributed by atoms with Crippen molar-refractivity contribution in [2.45, 2.75) is 19.4 Å². The Balaban J connectivity index is 1.27. The maximum absolute atomic E-state index is 13.0. The lowest BCUT2D eigenvalue weighted by atomic mass is 10.1. The Hall–Kier alpha value is -1.96. The Bertz CT molecular complexity index is 706. The summed E-state index contributed by atoms with van der Waals surface area (Å²) in [4.78, 5) is 33.8. The van der Waals surface area contributed by atoms with E-state index in [1.54, 1.807) is 0 Å². The third-order valence-electron chi connectivity index (χ3n) is 6.16. The Morgan fingerprint density at radius 2 is 1.55 bits per heavy atom. The highest BCUT2D eigenvalue weighted by molar-refractivity contribution is 5.94. The average Bonchev–Trinajstić information content (AvgIpc) is 3.30. The van der Waals surface area contributed by atoms with Crippen LogP contribution in [0.2, 0.25) is 0 Å². The van der Waals surface area contributed by atoms with Gasteiger partial charge in [-0.2, -0.15) is 0 Å². The van der Waals surface area contributed by atoms with Crippen molar-refractivity contribution in [1.29, 1.82) is 0 Å². The molecule has 7 nitrogen and oxygen atoms in total. The molecule has 3 aliphatic heterocycles. The number of nitrogens with zero attached hydrogens (tertiary/aromatic N) is 4. The largest absolute Gasteiger partial charge is 0.379 e. The number of carbonyl (C=O) groups excluding carboxylic acids is 2. The summed E-state index contributed by atoms with van der Waals surface area (Å²) in [6.45, 7) is 9.47. The second kappa shape index (κ2) is 9.69. The number of morpholine rings is 1. The molecule has 2 amide bonds. The van der Waals surface area contributed by atoms with Gasteiger partial charge in [0.1, 0.15) is 0 Å². The summed E-state index contributed by atoms with van der Waals surface area (Å²) in [6.07, 6.45) is 2.25. The third kappa shape index (κ3) is 5.35. The molecule has 0 spiro atoms. The van der Waals surface area contributed by atoms with Crippen molar-refractivity contribution in [2.24, 2.45) is 0 Å². The van der Waals surface area contributed by atoms with Crippen LogP contribution in [0.5, 0.6) is 0 Å². The molecule has 4 rings (SSSR count). The SMILES string of the molecule is O=C(CN1CCN(C(=O)c2cccc(CN3CCOCC3)c2)CC1)N1CCCC1. The molecule has 3 aliphatic rings. The summed E-state index contributed by atoms with van der Waals surface area (Å²) in [5.41, 5.74) is 1.94. The standard InChI is InChI=1S/C22H32N4O3/c27-21(25-6-1-2-7-25)18-23-8-10-26(11-9-23)22(28)20-5-3-4-19(16-20)17-24-12-14-29-15-13-24/h3-5,16H,1-2,6-15,17-18H2. The first-order valence-corrected chi connectivity index (χ1v) is 10.9. The van der Waals surface area contributed by atoms with Crippen LogP contribution in [0.15, 0.2) is 24.3 Å². The summed E-state index contributed by atoms with van der Waals surface area (Å²) >= 11 is 0. The average molecular weight is 401 g/mol. The van der Waals surface area contributed by atoms with Crippen molar-refractivity contribution in [3.63, 3.8) is 0 Å². The van der Waals surface area contributed by atoms with Crippen LogP contribution in [0, 0.1) is 0 Å². The van der Waals surface area contributed by atoms with Gasteiger partial charge in [0.05, 0.1) is 19.8 Å². The highest BCUT2D eigenvalue weighted by atomic mass is 16.5. The van der Waals surface area contributed by atoms with Crippen LogP contribution < -0.4 is 0 Å². The summed E-state index contributed by atoms with van der Waals surface area (Å²) in [5, 5.41) is 0. The van der Waals surface area contributed by atoms with Crippen LogP contribution >= 0.6 is 0 Å². The zero-order chi connectivity index (χ0) is 20.1. The number of hydrogen-bond acceptors (Lipinski definition) is 5. The van der Waals surface area contributed by atoms with Crippen LogP contribution in [-0.4, -0.2) is 104 Å². The predicted octanol–water partition coefficient (Wildman–Crippen LogP) is 0.899. The van der Waals surface area contributed by atoms with Crippen LogP contribution in [0.4, 0.5) is 0 Å². The first-order chi connectivity index (χ1) is 14.2. The molecule has 1 aromatic rings. The lowest BCUT2D eigenvalue weighted by molar-refractivity contribution is -0.131. The van der Waals surface area contributed by atoms with Crippen LogP contribution in [0.1, 0.15) is 28.8 Å². The zero-order valence-electron chi connectivity index (χ0n) is 17.2. The lowest BCUT2D eigenvalue weighted by Gasteiger charge is -2.35. The molecule has 0 N–H and O–H groups in total. The molecule has 1 aromatic carbocycles. The van der Waals surface area contributed by atoms with E-state index in [1.165, 1.54) is 5.56 Å². The van der Waals surface area contributed by atoms with E-state index in [9.17, 15) is 9.59 Å². The van der Waals surface area contributed by atoms with E-state index < -0.39 is 0 Å². The van der Waals surface area contributed by atoms with Crippen molar-refractivity contribution in [3.05, 3.63) is 35.4 Å². The fraction of sp³-hybridized carbons (Fsp3) is 0.636. The topological polar surface area (TPSA) is 56.3 Å². The number of likely N-dealkylation sites (tertiary alicyclic amines) is 1. The molecule has 3 fully saturated rings. The van der Waals surface area contributed by atoms with Gasteiger partial charge >= 0.3 is 0 Å². The minimum absolute atomic E-state index is 0.0966. The van der Waals surface area contributed by atoms with Gasteiger partial charge in [-0.3, -0.25) is 19.4 Å². The highest BCUT2D eigenvalue weighted by Gasteiger charge is 2.26.